The third kappa shape index (κ3) is 4.47. The number of hydrogen-bond donors (Lipinski definition) is 1. The number of aliphatic imine (C=N–C) groups is 1. The third-order valence-corrected chi connectivity index (χ3v) is 6.63. The van der Waals surface area contributed by atoms with Crippen molar-refractivity contribution in [1.29, 1.82) is 0 Å². The molecule has 0 amide bonds. The van der Waals surface area contributed by atoms with Crippen LogP contribution in [0.3, 0.4) is 0 Å². The van der Waals surface area contributed by atoms with Crippen molar-refractivity contribution in [2.24, 2.45) is 22.2 Å². The molecule has 2 aromatic rings. The van der Waals surface area contributed by atoms with Gasteiger partial charge in [0, 0.05) is 24.0 Å². The van der Waals surface area contributed by atoms with Crippen LogP contribution in [0, 0.1) is 24.2 Å². The van der Waals surface area contributed by atoms with Crippen molar-refractivity contribution < 1.29 is 5.11 Å². The maximum Gasteiger partial charge on any atom is 0.164 e. The average Bonchev–Trinajstić information content (AvgIpc) is 3.10. The fraction of sp³-hybridized carbons (Fsp3) is 0.423. The van der Waals surface area contributed by atoms with Gasteiger partial charge >= 0.3 is 0 Å². The largest absolute Gasteiger partial charge is 0.390 e. The number of hydrogen-bond acceptors (Lipinski definition) is 4. The highest BCUT2D eigenvalue weighted by Gasteiger charge is 2.47. The number of fused-ring (bicyclic) bond motifs is 1. The number of nitrogens with zero attached hydrogens (tertiary/aromatic N) is 4. The predicted molar refractivity (Wildman–Crippen MR) is 128 cm³/mol. The molecular formula is C26H32N4O. The second-order valence-corrected chi connectivity index (χ2v) is 9.65. The van der Waals surface area contributed by atoms with Crippen molar-refractivity contribution in [3.63, 3.8) is 0 Å². The van der Waals surface area contributed by atoms with Gasteiger partial charge in [0.25, 0.3) is 0 Å². The van der Waals surface area contributed by atoms with Gasteiger partial charge in [-0.1, -0.05) is 50.3 Å². The Labute approximate surface area is 184 Å². The Balaban J connectivity index is 1.58. The maximum absolute atomic E-state index is 10.1. The van der Waals surface area contributed by atoms with Gasteiger partial charge < -0.3 is 5.11 Å². The SMILES string of the molecule is C=CC(C)/C=C/c1cnc2cc(C)nn2c1/N=C/C1=CCC(C)(C2CC(C)(O)C2)C=C1. The first-order valence-corrected chi connectivity index (χ1v) is 11.0. The molecule has 2 heterocycles. The molecule has 5 nitrogen and oxygen atoms in total. The first-order valence-electron chi connectivity index (χ1n) is 11.0. The van der Waals surface area contributed by atoms with Crippen LogP contribution in [0.15, 0.2) is 59.8 Å². The second-order valence-electron chi connectivity index (χ2n) is 9.65. The topological polar surface area (TPSA) is 62.8 Å². The molecule has 2 aromatic heterocycles. The van der Waals surface area contributed by atoms with Crippen molar-refractivity contribution in [3.05, 3.63) is 66.1 Å². The average molecular weight is 417 g/mol. The van der Waals surface area contributed by atoms with E-state index in [1.165, 1.54) is 0 Å². The van der Waals surface area contributed by atoms with Gasteiger partial charge in [-0.2, -0.15) is 9.61 Å². The van der Waals surface area contributed by atoms with E-state index >= 15 is 0 Å². The summed E-state index contributed by atoms with van der Waals surface area (Å²) in [6, 6.07) is 1.96. The Kier molecular flexibility index (Phi) is 5.56. The fourth-order valence-corrected chi connectivity index (χ4v) is 4.39. The number of allylic oxidation sites excluding steroid dienone is 6. The summed E-state index contributed by atoms with van der Waals surface area (Å²) in [6.45, 7) is 12.1. The second kappa shape index (κ2) is 8.04. The lowest BCUT2D eigenvalue weighted by molar-refractivity contribution is -0.0888. The highest BCUT2D eigenvalue weighted by molar-refractivity contribution is 5.85. The molecule has 2 aliphatic rings. The highest BCUT2D eigenvalue weighted by atomic mass is 16.3. The minimum atomic E-state index is -0.491. The predicted octanol–water partition coefficient (Wildman–Crippen LogP) is 5.63. The van der Waals surface area contributed by atoms with Gasteiger partial charge in [0.15, 0.2) is 11.5 Å². The zero-order chi connectivity index (χ0) is 22.2. The highest BCUT2D eigenvalue weighted by Crippen LogP contribution is 2.51. The summed E-state index contributed by atoms with van der Waals surface area (Å²) < 4.78 is 1.80. The number of rotatable bonds is 6. The van der Waals surface area contributed by atoms with E-state index in [9.17, 15) is 5.11 Å². The van der Waals surface area contributed by atoms with Crippen molar-refractivity contribution in [3.8, 4) is 0 Å². The summed E-state index contributed by atoms with van der Waals surface area (Å²) in [4.78, 5) is 9.35. The molecule has 2 atom stereocenters. The molecule has 1 fully saturated rings. The van der Waals surface area contributed by atoms with Crippen LogP contribution >= 0.6 is 0 Å². The normalized spacial score (nSPS) is 29.5. The molecule has 4 rings (SSSR count). The molecule has 5 heteroatoms. The monoisotopic (exact) mass is 416 g/mol. The fourth-order valence-electron chi connectivity index (χ4n) is 4.39. The zero-order valence-electron chi connectivity index (χ0n) is 18.9. The number of aromatic nitrogens is 3. The molecule has 0 radical (unpaired) electrons. The maximum atomic E-state index is 10.1. The summed E-state index contributed by atoms with van der Waals surface area (Å²) in [7, 11) is 0. The van der Waals surface area contributed by atoms with Crippen molar-refractivity contribution >= 4 is 23.8 Å². The quantitative estimate of drug-likeness (QED) is 0.490. The van der Waals surface area contributed by atoms with Crippen LogP contribution in [0.5, 0.6) is 0 Å². The summed E-state index contributed by atoms with van der Waals surface area (Å²) in [5, 5.41) is 14.7. The van der Waals surface area contributed by atoms with E-state index in [0.717, 1.165) is 47.6 Å². The van der Waals surface area contributed by atoms with Gasteiger partial charge in [-0.05, 0) is 55.9 Å². The molecule has 31 heavy (non-hydrogen) atoms. The lowest BCUT2D eigenvalue weighted by atomic mass is 9.58. The van der Waals surface area contributed by atoms with E-state index < -0.39 is 5.60 Å². The zero-order valence-corrected chi connectivity index (χ0v) is 18.9. The molecule has 0 bridgehead atoms. The molecular weight excluding hydrogens is 384 g/mol. The van der Waals surface area contributed by atoms with E-state index in [2.05, 4.69) is 54.8 Å². The van der Waals surface area contributed by atoms with E-state index in [-0.39, 0.29) is 11.3 Å². The molecule has 1 saturated carbocycles. The van der Waals surface area contributed by atoms with E-state index in [4.69, 9.17) is 4.99 Å². The smallest absolute Gasteiger partial charge is 0.164 e. The van der Waals surface area contributed by atoms with Crippen LogP contribution in [-0.4, -0.2) is 31.5 Å². The Morgan fingerprint density at radius 3 is 2.77 bits per heavy atom. The van der Waals surface area contributed by atoms with Gasteiger partial charge in [0.05, 0.1) is 11.3 Å². The van der Waals surface area contributed by atoms with Crippen molar-refractivity contribution in [2.45, 2.75) is 52.6 Å². The van der Waals surface area contributed by atoms with Gasteiger partial charge in [-0.15, -0.1) is 6.58 Å². The summed E-state index contributed by atoms with van der Waals surface area (Å²) in [5.74, 6) is 1.56. The van der Waals surface area contributed by atoms with Crippen LogP contribution < -0.4 is 0 Å². The van der Waals surface area contributed by atoms with Gasteiger partial charge in [-0.3, -0.25) is 0 Å². The standard InChI is InChI=1S/C26H32N4O/c1-6-18(2)7-8-21-17-27-23-13-19(3)29-30(23)24(21)28-16-20-9-11-25(4,12-10-20)22-14-26(5,31)15-22/h6-11,13,16-18,22,31H,1,12,14-15H2,2-5H3/b8-7+,28-16+. The summed E-state index contributed by atoms with van der Waals surface area (Å²) in [5.41, 5.74) is 3.32. The Hall–Kier alpha value is -2.79. The third-order valence-electron chi connectivity index (χ3n) is 6.63. The molecule has 0 spiro atoms. The summed E-state index contributed by atoms with van der Waals surface area (Å²) >= 11 is 0. The molecule has 0 saturated heterocycles. The lowest BCUT2D eigenvalue weighted by Gasteiger charge is -2.50. The van der Waals surface area contributed by atoms with Crippen molar-refractivity contribution in [1.82, 2.24) is 14.6 Å². The Bertz CT molecular complexity index is 1110. The Morgan fingerprint density at radius 2 is 2.13 bits per heavy atom. The number of aryl methyl sites for hydroxylation is 1. The molecule has 2 aliphatic carbocycles. The first-order chi connectivity index (χ1) is 14.7. The Morgan fingerprint density at radius 1 is 1.35 bits per heavy atom. The van der Waals surface area contributed by atoms with Crippen LogP contribution in [0.25, 0.3) is 11.7 Å². The van der Waals surface area contributed by atoms with E-state index in [1.807, 2.05) is 44.5 Å². The van der Waals surface area contributed by atoms with Crippen LogP contribution in [-0.2, 0) is 0 Å². The summed E-state index contributed by atoms with van der Waals surface area (Å²) in [6.07, 6.45) is 19.2. The van der Waals surface area contributed by atoms with Crippen LogP contribution in [0.4, 0.5) is 5.82 Å². The van der Waals surface area contributed by atoms with Crippen LogP contribution in [0.2, 0.25) is 0 Å². The van der Waals surface area contributed by atoms with E-state index in [1.54, 1.807) is 4.52 Å². The van der Waals surface area contributed by atoms with Gasteiger partial charge in [-0.25, -0.2) is 9.98 Å². The van der Waals surface area contributed by atoms with Crippen molar-refractivity contribution in [2.75, 3.05) is 0 Å². The van der Waals surface area contributed by atoms with E-state index in [0.29, 0.717) is 5.92 Å². The minimum Gasteiger partial charge on any atom is -0.390 e. The molecule has 0 aliphatic heterocycles. The van der Waals surface area contributed by atoms with Gasteiger partial charge in [0.2, 0.25) is 0 Å². The number of aliphatic hydroxyl groups is 1. The minimum absolute atomic E-state index is 0.108. The van der Waals surface area contributed by atoms with Crippen LogP contribution in [0.1, 0.15) is 51.3 Å². The molecule has 162 valence electrons. The molecule has 0 aromatic carbocycles. The first kappa shape index (κ1) is 21.4. The molecule has 2 unspecified atom stereocenters. The van der Waals surface area contributed by atoms with Gasteiger partial charge in [0.1, 0.15) is 0 Å². The lowest BCUT2D eigenvalue weighted by Crippen LogP contribution is -2.47. The molecule has 1 N–H and O–H groups in total.